The summed E-state index contributed by atoms with van der Waals surface area (Å²) < 4.78 is 5.24. The third-order valence-electron chi connectivity index (χ3n) is 3.17. The van der Waals surface area contributed by atoms with E-state index in [2.05, 4.69) is 4.98 Å². The lowest BCUT2D eigenvalue weighted by atomic mass is 10.1. The lowest BCUT2D eigenvalue weighted by molar-refractivity contribution is 0.0780. The Morgan fingerprint density at radius 3 is 2.81 bits per heavy atom. The van der Waals surface area contributed by atoms with Gasteiger partial charge in [0.05, 0.1) is 7.11 Å². The SMILES string of the molecule is COc1ccc(CN(C)C(=O)c2csc(CN)n2)cc1C. The van der Waals surface area contributed by atoms with Crippen molar-refractivity contribution in [1.29, 1.82) is 0 Å². The molecule has 0 spiro atoms. The van der Waals surface area contributed by atoms with Crippen LogP contribution < -0.4 is 10.5 Å². The number of thiazole rings is 1. The lowest BCUT2D eigenvalue weighted by Gasteiger charge is -2.17. The van der Waals surface area contributed by atoms with Crippen LogP contribution in [0.3, 0.4) is 0 Å². The highest BCUT2D eigenvalue weighted by molar-refractivity contribution is 7.09. The summed E-state index contributed by atoms with van der Waals surface area (Å²) in [4.78, 5) is 18.2. The maximum Gasteiger partial charge on any atom is 0.273 e. The summed E-state index contributed by atoms with van der Waals surface area (Å²) in [5.41, 5.74) is 8.08. The summed E-state index contributed by atoms with van der Waals surface area (Å²) in [5, 5.41) is 2.52. The number of benzene rings is 1. The standard InChI is InChI=1S/C15H19N3O2S/c1-10-6-11(4-5-13(10)20-3)8-18(2)15(19)12-9-21-14(7-16)17-12/h4-6,9H,7-8,16H2,1-3H3. The molecule has 2 aromatic rings. The van der Waals surface area contributed by atoms with E-state index in [1.165, 1.54) is 11.3 Å². The van der Waals surface area contributed by atoms with Crippen LogP contribution in [-0.2, 0) is 13.1 Å². The Bertz CT molecular complexity index is 640. The van der Waals surface area contributed by atoms with Crippen LogP contribution in [-0.4, -0.2) is 29.9 Å². The van der Waals surface area contributed by atoms with Gasteiger partial charge in [-0.15, -0.1) is 11.3 Å². The highest BCUT2D eigenvalue weighted by atomic mass is 32.1. The Balaban J connectivity index is 2.08. The minimum atomic E-state index is -0.0978. The highest BCUT2D eigenvalue weighted by Crippen LogP contribution is 2.20. The molecule has 0 aliphatic rings. The molecule has 0 atom stereocenters. The molecule has 0 radical (unpaired) electrons. The fraction of sp³-hybridized carbons (Fsp3) is 0.333. The zero-order valence-electron chi connectivity index (χ0n) is 12.4. The summed E-state index contributed by atoms with van der Waals surface area (Å²) >= 11 is 1.41. The number of amides is 1. The van der Waals surface area contributed by atoms with Crippen molar-refractivity contribution in [2.75, 3.05) is 14.2 Å². The van der Waals surface area contributed by atoms with E-state index in [0.717, 1.165) is 21.9 Å². The van der Waals surface area contributed by atoms with E-state index in [9.17, 15) is 4.79 Å². The Labute approximate surface area is 128 Å². The normalized spacial score (nSPS) is 10.5. The van der Waals surface area contributed by atoms with Gasteiger partial charge in [-0.2, -0.15) is 0 Å². The molecular formula is C15H19N3O2S. The van der Waals surface area contributed by atoms with Gasteiger partial charge < -0.3 is 15.4 Å². The van der Waals surface area contributed by atoms with Crippen molar-refractivity contribution in [3.05, 3.63) is 45.4 Å². The maximum atomic E-state index is 12.3. The zero-order chi connectivity index (χ0) is 15.4. The first-order valence-corrected chi connectivity index (χ1v) is 7.46. The second kappa shape index (κ2) is 6.69. The average molecular weight is 305 g/mol. The van der Waals surface area contributed by atoms with Gasteiger partial charge in [-0.25, -0.2) is 4.98 Å². The van der Waals surface area contributed by atoms with Crippen molar-refractivity contribution in [3.63, 3.8) is 0 Å². The molecule has 21 heavy (non-hydrogen) atoms. The number of carbonyl (C=O) groups excluding carboxylic acids is 1. The first-order valence-electron chi connectivity index (χ1n) is 6.58. The number of nitrogens with two attached hydrogens (primary N) is 1. The van der Waals surface area contributed by atoms with Crippen LogP contribution >= 0.6 is 11.3 Å². The predicted molar refractivity (Wildman–Crippen MR) is 83.5 cm³/mol. The number of rotatable bonds is 5. The summed E-state index contributed by atoms with van der Waals surface area (Å²) in [7, 11) is 3.41. The monoisotopic (exact) mass is 305 g/mol. The number of methoxy groups -OCH3 is 1. The van der Waals surface area contributed by atoms with E-state index < -0.39 is 0 Å². The molecule has 1 amide bonds. The molecule has 1 aromatic heterocycles. The van der Waals surface area contributed by atoms with Crippen LogP contribution in [0.5, 0.6) is 5.75 Å². The molecule has 0 fully saturated rings. The van der Waals surface area contributed by atoms with E-state index >= 15 is 0 Å². The molecule has 5 nitrogen and oxygen atoms in total. The topological polar surface area (TPSA) is 68.5 Å². The molecule has 0 aliphatic carbocycles. The first-order chi connectivity index (χ1) is 10.0. The first kappa shape index (κ1) is 15.5. The minimum absolute atomic E-state index is 0.0978. The molecule has 0 unspecified atom stereocenters. The molecule has 0 aliphatic heterocycles. The third kappa shape index (κ3) is 3.59. The van der Waals surface area contributed by atoms with Gasteiger partial charge >= 0.3 is 0 Å². The van der Waals surface area contributed by atoms with Gasteiger partial charge in [0.25, 0.3) is 5.91 Å². The molecule has 0 bridgehead atoms. The van der Waals surface area contributed by atoms with Crippen molar-refractivity contribution in [2.24, 2.45) is 5.73 Å². The van der Waals surface area contributed by atoms with Gasteiger partial charge in [0.2, 0.25) is 0 Å². The lowest BCUT2D eigenvalue weighted by Crippen LogP contribution is -2.26. The Morgan fingerprint density at radius 2 is 2.24 bits per heavy atom. The number of aromatic nitrogens is 1. The Morgan fingerprint density at radius 1 is 1.48 bits per heavy atom. The number of aryl methyl sites for hydroxylation is 1. The summed E-state index contributed by atoms with van der Waals surface area (Å²) in [6.07, 6.45) is 0. The van der Waals surface area contributed by atoms with Crippen molar-refractivity contribution in [1.82, 2.24) is 9.88 Å². The van der Waals surface area contributed by atoms with E-state index in [4.69, 9.17) is 10.5 Å². The number of hydrogen-bond donors (Lipinski definition) is 1. The van der Waals surface area contributed by atoms with Gasteiger partial charge in [0.15, 0.2) is 0 Å². The van der Waals surface area contributed by atoms with Crippen LogP contribution in [0.4, 0.5) is 0 Å². The van der Waals surface area contributed by atoms with Crippen LogP contribution in [0.1, 0.15) is 26.6 Å². The van der Waals surface area contributed by atoms with Gasteiger partial charge in [0.1, 0.15) is 16.5 Å². The van der Waals surface area contributed by atoms with Crippen molar-refractivity contribution < 1.29 is 9.53 Å². The van der Waals surface area contributed by atoms with E-state index in [1.54, 1.807) is 24.4 Å². The van der Waals surface area contributed by atoms with Crippen LogP contribution in [0.15, 0.2) is 23.6 Å². The second-order valence-electron chi connectivity index (χ2n) is 4.80. The van der Waals surface area contributed by atoms with Crippen LogP contribution in [0.25, 0.3) is 0 Å². The van der Waals surface area contributed by atoms with Gasteiger partial charge in [-0.05, 0) is 24.1 Å². The molecule has 6 heteroatoms. The van der Waals surface area contributed by atoms with E-state index in [-0.39, 0.29) is 5.91 Å². The molecular weight excluding hydrogens is 286 g/mol. The smallest absolute Gasteiger partial charge is 0.273 e. The van der Waals surface area contributed by atoms with Gasteiger partial charge in [0, 0.05) is 25.5 Å². The average Bonchev–Trinajstić information content (AvgIpc) is 2.95. The van der Waals surface area contributed by atoms with E-state index in [1.807, 2.05) is 25.1 Å². The predicted octanol–water partition coefficient (Wildman–Crippen LogP) is 2.19. The number of ether oxygens (including phenoxy) is 1. The Hall–Kier alpha value is -1.92. The number of nitrogens with zero attached hydrogens (tertiary/aromatic N) is 2. The van der Waals surface area contributed by atoms with Gasteiger partial charge in [-0.3, -0.25) is 4.79 Å². The molecule has 2 N–H and O–H groups in total. The fourth-order valence-corrected chi connectivity index (χ4v) is 2.73. The minimum Gasteiger partial charge on any atom is -0.496 e. The van der Waals surface area contributed by atoms with Gasteiger partial charge in [-0.1, -0.05) is 12.1 Å². The summed E-state index contributed by atoms with van der Waals surface area (Å²) in [6, 6.07) is 5.90. The Kier molecular flexibility index (Phi) is 4.93. The quantitative estimate of drug-likeness (QED) is 0.919. The molecule has 1 aromatic carbocycles. The number of carbonyl (C=O) groups is 1. The third-order valence-corrected chi connectivity index (χ3v) is 4.04. The second-order valence-corrected chi connectivity index (χ2v) is 5.74. The van der Waals surface area contributed by atoms with Crippen molar-refractivity contribution in [2.45, 2.75) is 20.0 Å². The molecule has 0 saturated heterocycles. The van der Waals surface area contributed by atoms with Crippen molar-refractivity contribution >= 4 is 17.2 Å². The molecule has 1 heterocycles. The van der Waals surface area contributed by atoms with Crippen LogP contribution in [0.2, 0.25) is 0 Å². The molecule has 2 rings (SSSR count). The molecule has 0 saturated carbocycles. The largest absolute Gasteiger partial charge is 0.496 e. The summed E-state index contributed by atoms with van der Waals surface area (Å²) in [6.45, 7) is 2.87. The highest BCUT2D eigenvalue weighted by Gasteiger charge is 2.15. The summed E-state index contributed by atoms with van der Waals surface area (Å²) in [5.74, 6) is 0.749. The van der Waals surface area contributed by atoms with Crippen LogP contribution in [0, 0.1) is 6.92 Å². The number of hydrogen-bond acceptors (Lipinski definition) is 5. The molecule has 112 valence electrons. The zero-order valence-corrected chi connectivity index (χ0v) is 13.2. The fourth-order valence-electron chi connectivity index (χ4n) is 2.08. The van der Waals surface area contributed by atoms with Crippen molar-refractivity contribution in [3.8, 4) is 5.75 Å². The maximum absolute atomic E-state index is 12.3. The van der Waals surface area contributed by atoms with E-state index in [0.29, 0.717) is 18.8 Å².